The van der Waals surface area contributed by atoms with Crippen LogP contribution >= 0.6 is 0 Å². The van der Waals surface area contributed by atoms with Crippen molar-refractivity contribution in [3.05, 3.63) is 76.9 Å². The van der Waals surface area contributed by atoms with Crippen molar-refractivity contribution in [2.24, 2.45) is 0 Å². The van der Waals surface area contributed by atoms with E-state index in [9.17, 15) is 9.59 Å². The molecule has 0 spiro atoms. The van der Waals surface area contributed by atoms with Gasteiger partial charge in [0.25, 0.3) is 0 Å². The summed E-state index contributed by atoms with van der Waals surface area (Å²) in [6.45, 7) is 2.00. The molecule has 0 fully saturated rings. The van der Waals surface area contributed by atoms with E-state index in [0.29, 0.717) is 11.1 Å². The summed E-state index contributed by atoms with van der Waals surface area (Å²) >= 11 is 0. The first-order valence-electron chi connectivity index (χ1n) is 6.75. The average molecular weight is 280 g/mol. The number of hydrogen-bond acceptors (Lipinski definition) is 2. The Hall–Kier alpha value is -2.68. The third kappa shape index (κ3) is 3.89. The van der Waals surface area contributed by atoms with Gasteiger partial charge in [0, 0.05) is 17.2 Å². The lowest BCUT2D eigenvalue weighted by atomic mass is 9.97. The van der Waals surface area contributed by atoms with Crippen molar-refractivity contribution in [1.82, 2.24) is 0 Å². The molecule has 0 heterocycles. The number of ketones is 1. The Bertz CT molecular complexity index is 685. The van der Waals surface area contributed by atoms with Crippen molar-refractivity contribution in [2.45, 2.75) is 13.3 Å². The van der Waals surface area contributed by atoms with E-state index >= 15 is 0 Å². The molecule has 0 aliphatic heterocycles. The molecular formula is C18H16O3. The molecule has 0 atom stereocenters. The molecule has 2 aromatic rings. The number of benzene rings is 2. The zero-order valence-corrected chi connectivity index (χ0v) is 11.7. The van der Waals surface area contributed by atoms with Crippen LogP contribution in [0.4, 0.5) is 0 Å². The van der Waals surface area contributed by atoms with Crippen LogP contribution in [0.15, 0.2) is 54.6 Å². The van der Waals surface area contributed by atoms with Crippen LogP contribution in [0.1, 0.15) is 34.0 Å². The smallest absolute Gasteiger partial charge is 0.328 e. The maximum atomic E-state index is 12.5. The van der Waals surface area contributed by atoms with Gasteiger partial charge in [-0.05, 0) is 35.8 Å². The summed E-state index contributed by atoms with van der Waals surface area (Å²) in [7, 11) is 0. The van der Waals surface area contributed by atoms with Crippen LogP contribution in [0.3, 0.4) is 0 Å². The molecule has 0 aliphatic carbocycles. The lowest BCUT2D eigenvalue weighted by molar-refractivity contribution is -0.131. The Morgan fingerprint density at radius 3 is 2.38 bits per heavy atom. The highest BCUT2D eigenvalue weighted by Crippen LogP contribution is 2.16. The summed E-state index contributed by atoms with van der Waals surface area (Å²) in [4.78, 5) is 23.1. The Morgan fingerprint density at radius 2 is 1.76 bits per heavy atom. The standard InChI is InChI=1S/C18H16O3/c1-2-13-10-14(8-9-17(19)20)12-16(11-13)18(21)15-6-4-3-5-7-15/h3-12H,2H2,1H3,(H,19,20). The minimum absolute atomic E-state index is 0.0594. The van der Waals surface area contributed by atoms with E-state index in [2.05, 4.69) is 0 Å². The van der Waals surface area contributed by atoms with Gasteiger partial charge in [0.15, 0.2) is 5.78 Å². The molecule has 3 nitrogen and oxygen atoms in total. The molecule has 0 aliphatic rings. The number of carboxylic acid groups (broad SMARTS) is 1. The number of hydrogen-bond donors (Lipinski definition) is 1. The topological polar surface area (TPSA) is 54.4 Å². The van der Waals surface area contributed by atoms with Crippen molar-refractivity contribution in [1.29, 1.82) is 0 Å². The number of carbonyl (C=O) groups is 2. The second kappa shape index (κ2) is 6.66. The quantitative estimate of drug-likeness (QED) is 0.672. The van der Waals surface area contributed by atoms with Crippen LogP contribution < -0.4 is 0 Å². The number of carboxylic acids is 1. The molecule has 1 N–H and O–H groups in total. The van der Waals surface area contributed by atoms with Crippen molar-refractivity contribution < 1.29 is 14.7 Å². The largest absolute Gasteiger partial charge is 0.478 e. The first-order chi connectivity index (χ1) is 10.1. The molecule has 0 saturated heterocycles. The van der Waals surface area contributed by atoms with Crippen LogP contribution in [0.2, 0.25) is 0 Å². The minimum atomic E-state index is -1.01. The van der Waals surface area contributed by atoms with E-state index in [-0.39, 0.29) is 5.78 Å². The molecule has 106 valence electrons. The van der Waals surface area contributed by atoms with Crippen LogP contribution in [-0.4, -0.2) is 16.9 Å². The summed E-state index contributed by atoms with van der Waals surface area (Å²) in [5, 5.41) is 8.70. The first kappa shape index (κ1) is 14.7. The van der Waals surface area contributed by atoms with Crippen LogP contribution in [0.5, 0.6) is 0 Å². The number of rotatable bonds is 5. The molecule has 0 saturated carbocycles. The minimum Gasteiger partial charge on any atom is -0.478 e. The second-order valence-corrected chi connectivity index (χ2v) is 4.68. The summed E-state index contributed by atoms with van der Waals surface area (Å²) in [5.41, 5.74) is 2.92. The van der Waals surface area contributed by atoms with Gasteiger partial charge >= 0.3 is 5.97 Å². The Kier molecular flexibility index (Phi) is 4.67. The van der Waals surface area contributed by atoms with E-state index in [0.717, 1.165) is 23.6 Å². The molecule has 0 amide bonds. The van der Waals surface area contributed by atoms with E-state index in [1.54, 1.807) is 18.2 Å². The molecule has 0 aromatic heterocycles. The van der Waals surface area contributed by atoms with Crippen LogP contribution in [0.25, 0.3) is 6.08 Å². The molecule has 2 aromatic carbocycles. The molecular weight excluding hydrogens is 264 g/mol. The molecule has 21 heavy (non-hydrogen) atoms. The summed E-state index contributed by atoms with van der Waals surface area (Å²) in [5.74, 6) is -1.07. The molecule has 2 rings (SSSR count). The molecule has 0 bridgehead atoms. The predicted molar refractivity (Wildman–Crippen MR) is 82.4 cm³/mol. The third-order valence-corrected chi connectivity index (χ3v) is 3.14. The summed E-state index contributed by atoms with van der Waals surface area (Å²) in [6, 6.07) is 14.5. The zero-order valence-electron chi connectivity index (χ0n) is 11.7. The zero-order chi connectivity index (χ0) is 15.2. The van der Waals surface area contributed by atoms with E-state index in [4.69, 9.17) is 5.11 Å². The molecule has 3 heteroatoms. The van der Waals surface area contributed by atoms with Gasteiger partial charge in [0.05, 0.1) is 0 Å². The maximum Gasteiger partial charge on any atom is 0.328 e. The van der Waals surface area contributed by atoms with E-state index in [1.807, 2.05) is 37.3 Å². The van der Waals surface area contributed by atoms with Crippen molar-refractivity contribution in [2.75, 3.05) is 0 Å². The highest BCUT2D eigenvalue weighted by molar-refractivity contribution is 6.09. The van der Waals surface area contributed by atoms with Gasteiger partial charge in [-0.25, -0.2) is 4.79 Å². The van der Waals surface area contributed by atoms with Gasteiger partial charge in [0.2, 0.25) is 0 Å². The predicted octanol–water partition coefficient (Wildman–Crippen LogP) is 3.58. The highest BCUT2D eigenvalue weighted by atomic mass is 16.4. The fraction of sp³-hybridized carbons (Fsp3) is 0.111. The fourth-order valence-corrected chi connectivity index (χ4v) is 2.07. The van der Waals surface area contributed by atoms with Gasteiger partial charge in [-0.2, -0.15) is 0 Å². The lowest BCUT2D eigenvalue weighted by Crippen LogP contribution is -2.02. The van der Waals surface area contributed by atoms with Gasteiger partial charge < -0.3 is 5.11 Å². The highest BCUT2D eigenvalue weighted by Gasteiger charge is 2.10. The molecule has 0 unspecified atom stereocenters. The van der Waals surface area contributed by atoms with Crippen molar-refractivity contribution in [3.63, 3.8) is 0 Å². The summed E-state index contributed by atoms with van der Waals surface area (Å²) < 4.78 is 0. The van der Waals surface area contributed by atoms with Crippen LogP contribution in [0, 0.1) is 0 Å². The van der Waals surface area contributed by atoms with E-state index in [1.165, 1.54) is 6.08 Å². The molecule has 0 radical (unpaired) electrons. The maximum absolute atomic E-state index is 12.5. The normalized spacial score (nSPS) is 10.7. The van der Waals surface area contributed by atoms with Gasteiger partial charge in [0.1, 0.15) is 0 Å². The average Bonchev–Trinajstić information content (AvgIpc) is 2.52. The number of aryl methyl sites for hydroxylation is 1. The first-order valence-corrected chi connectivity index (χ1v) is 6.75. The summed E-state index contributed by atoms with van der Waals surface area (Å²) in [6.07, 6.45) is 3.36. The fourth-order valence-electron chi connectivity index (χ4n) is 2.07. The van der Waals surface area contributed by atoms with Gasteiger partial charge in [-0.3, -0.25) is 4.79 Å². The Morgan fingerprint density at radius 1 is 1.05 bits per heavy atom. The SMILES string of the molecule is CCc1cc(C=CC(=O)O)cc(C(=O)c2ccccc2)c1. The van der Waals surface area contributed by atoms with Crippen LogP contribution in [-0.2, 0) is 11.2 Å². The Balaban J connectivity index is 2.41. The van der Waals surface area contributed by atoms with Gasteiger partial charge in [-0.1, -0.05) is 43.3 Å². The number of aliphatic carboxylic acids is 1. The van der Waals surface area contributed by atoms with Crippen molar-refractivity contribution in [3.8, 4) is 0 Å². The van der Waals surface area contributed by atoms with E-state index < -0.39 is 5.97 Å². The Labute approximate surface area is 123 Å². The second-order valence-electron chi connectivity index (χ2n) is 4.68. The lowest BCUT2D eigenvalue weighted by Gasteiger charge is -2.06. The third-order valence-electron chi connectivity index (χ3n) is 3.14. The van der Waals surface area contributed by atoms with Gasteiger partial charge in [-0.15, -0.1) is 0 Å². The monoisotopic (exact) mass is 280 g/mol. The van der Waals surface area contributed by atoms with Crippen molar-refractivity contribution >= 4 is 17.8 Å². The number of carbonyl (C=O) groups excluding carboxylic acids is 1.